The number of nitrogens with one attached hydrogen (secondary N) is 2. The number of piperazine rings is 1. The van der Waals surface area contributed by atoms with E-state index in [1.54, 1.807) is 21.9 Å². The Bertz CT molecular complexity index is 1060. The Kier molecular flexibility index (Phi) is 7.55. The number of urea groups is 1. The fourth-order valence-electron chi connectivity index (χ4n) is 4.19. The van der Waals surface area contributed by atoms with Gasteiger partial charge in [0.1, 0.15) is 5.82 Å². The van der Waals surface area contributed by atoms with Crippen molar-refractivity contribution in [3.8, 4) is 0 Å². The highest BCUT2D eigenvalue weighted by molar-refractivity contribution is 6.03. The SMILES string of the molecule is CC(C)NC(=O)N1CCN(c2ccc(NC(=O)c3oc(N4CCCCC4)nc3C(F)(F)F)cn2)CC1. The standard InChI is InChI=1S/C23H30F3N7O3/c1-15(2)28-21(35)32-12-10-31(11-13-32)17-7-6-16(14-27-17)29-20(34)18-19(23(24,25)26)30-22(36-18)33-8-4-3-5-9-33/h6-7,14-15H,3-5,8-13H2,1-2H3,(H,28,35)(H,29,34). The third-order valence-corrected chi connectivity index (χ3v) is 6.03. The Hall–Kier alpha value is -3.51. The van der Waals surface area contributed by atoms with Crippen LogP contribution in [-0.2, 0) is 6.18 Å². The van der Waals surface area contributed by atoms with Gasteiger partial charge in [-0.15, -0.1) is 0 Å². The predicted octanol–water partition coefficient (Wildman–Crippen LogP) is 3.57. The lowest BCUT2D eigenvalue weighted by molar-refractivity contribution is -0.141. The number of pyridine rings is 1. The second kappa shape index (κ2) is 10.6. The molecular weight excluding hydrogens is 479 g/mol. The molecule has 2 aromatic heterocycles. The Morgan fingerprint density at radius 2 is 1.69 bits per heavy atom. The summed E-state index contributed by atoms with van der Waals surface area (Å²) < 4.78 is 46.0. The van der Waals surface area contributed by atoms with Crippen molar-refractivity contribution < 1.29 is 27.2 Å². The first-order valence-corrected chi connectivity index (χ1v) is 12.0. The molecule has 13 heteroatoms. The lowest BCUT2D eigenvalue weighted by Crippen LogP contribution is -2.53. The molecule has 0 radical (unpaired) electrons. The van der Waals surface area contributed by atoms with Gasteiger partial charge in [-0.25, -0.2) is 9.78 Å². The van der Waals surface area contributed by atoms with Gasteiger partial charge in [0.15, 0.2) is 5.69 Å². The van der Waals surface area contributed by atoms with Gasteiger partial charge in [-0.1, -0.05) is 0 Å². The summed E-state index contributed by atoms with van der Waals surface area (Å²) in [4.78, 5) is 38.1. The van der Waals surface area contributed by atoms with Crippen molar-refractivity contribution in [2.45, 2.75) is 45.3 Å². The summed E-state index contributed by atoms with van der Waals surface area (Å²) in [6.07, 6.45) is -0.823. The normalized spacial score (nSPS) is 16.9. The number of halogens is 3. The molecule has 0 unspecified atom stereocenters. The van der Waals surface area contributed by atoms with Gasteiger partial charge < -0.3 is 29.8 Å². The molecule has 36 heavy (non-hydrogen) atoms. The maximum absolute atomic E-state index is 13.6. The first kappa shape index (κ1) is 25.6. The van der Waals surface area contributed by atoms with Crippen LogP contribution in [0.3, 0.4) is 0 Å². The van der Waals surface area contributed by atoms with E-state index in [9.17, 15) is 22.8 Å². The zero-order chi connectivity index (χ0) is 25.9. The molecule has 2 N–H and O–H groups in total. The summed E-state index contributed by atoms with van der Waals surface area (Å²) in [5.41, 5.74) is -1.12. The molecule has 0 atom stereocenters. The smallest absolute Gasteiger partial charge is 0.417 e. The van der Waals surface area contributed by atoms with Crippen LogP contribution in [0.15, 0.2) is 22.7 Å². The van der Waals surface area contributed by atoms with Crippen LogP contribution in [0.1, 0.15) is 49.4 Å². The number of hydrogen-bond donors (Lipinski definition) is 2. The van der Waals surface area contributed by atoms with Crippen LogP contribution < -0.4 is 20.4 Å². The molecule has 0 spiro atoms. The molecule has 4 rings (SSSR count). The highest BCUT2D eigenvalue weighted by Crippen LogP contribution is 2.35. The van der Waals surface area contributed by atoms with Crippen molar-refractivity contribution in [1.82, 2.24) is 20.2 Å². The van der Waals surface area contributed by atoms with Crippen LogP contribution in [0.25, 0.3) is 0 Å². The minimum Gasteiger partial charge on any atom is -0.417 e. The molecule has 2 aliphatic heterocycles. The van der Waals surface area contributed by atoms with Crippen molar-refractivity contribution in [3.63, 3.8) is 0 Å². The highest BCUT2D eigenvalue weighted by Gasteiger charge is 2.42. The highest BCUT2D eigenvalue weighted by atomic mass is 19.4. The third kappa shape index (κ3) is 6.00. The maximum atomic E-state index is 13.6. The van der Waals surface area contributed by atoms with Crippen molar-refractivity contribution >= 4 is 29.5 Å². The number of alkyl halides is 3. The van der Waals surface area contributed by atoms with Crippen LogP contribution in [0.5, 0.6) is 0 Å². The summed E-state index contributed by atoms with van der Waals surface area (Å²) >= 11 is 0. The lowest BCUT2D eigenvalue weighted by atomic mass is 10.1. The Morgan fingerprint density at radius 1 is 1.00 bits per heavy atom. The fraction of sp³-hybridized carbons (Fsp3) is 0.565. The largest absolute Gasteiger partial charge is 0.437 e. The van der Waals surface area contributed by atoms with Gasteiger partial charge in [-0.2, -0.15) is 18.2 Å². The monoisotopic (exact) mass is 509 g/mol. The Labute approximate surface area is 206 Å². The van der Waals surface area contributed by atoms with E-state index in [1.807, 2.05) is 18.7 Å². The van der Waals surface area contributed by atoms with E-state index in [2.05, 4.69) is 20.6 Å². The number of aromatic nitrogens is 2. The van der Waals surface area contributed by atoms with Gasteiger partial charge in [0.25, 0.3) is 11.9 Å². The second-order valence-electron chi connectivity index (χ2n) is 9.16. The number of hydrogen-bond acceptors (Lipinski definition) is 7. The van der Waals surface area contributed by atoms with Gasteiger partial charge in [-0.05, 0) is 45.2 Å². The molecule has 2 fully saturated rings. The number of oxazole rings is 1. The number of carbonyl (C=O) groups excluding carboxylic acids is 2. The van der Waals surface area contributed by atoms with Crippen molar-refractivity contribution in [3.05, 3.63) is 29.8 Å². The topological polar surface area (TPSA) is 107 Å². The molecule has 196 valence electrons. The lowest BCUT2D eigenvalue weighted by Gasteiger charge is -2.35. The number of amides is 3. The third-order valence-electron chi connectivity index (χ3n) is 6.03. The molecule has 2 aliphatic rings. The summed E-state index contributed by atoms with van der Waals surface area (Å²) in [6, 6.07) is 2.99. The number of piperidine rings is 1. The predicted molar refractivity (Wildman–Crippen MR) is 127 cm³/mol. The van der Waals surface area contributed by atoms with Gasteiger partial charge >= 0.3 is 12.2 Å². The number of anilines is 3. The van der Waals surface area contributed by atoms with E-state index >= 15 is 0 Å². The Morgan fingerprint density at radius 3 is 2.28 bits per heavy atom. The number of carbonyl (C=O) groups is 2. The molecule has 2 saturated heterocycles. The molecular formula is C23H30F3N7O3. The van der Waals surface area contributed by atoms with Crippen molar-refractivity contribution in [2.75, 3.05) is 54.4 Å². The van der Waals surface area contributed by atoms with Crippen molar-refractivity contribution in [2.24, 2.45) is 0 Å². The van der Waals surface area contributed by atoms with Crippen molar-refractivity contribution in [1.29, 1.82) is 0 Å². The zero-order valence-electron chi connectivity index (χ0n) is 20.3. The van der Waals surface area contributed by atoms with E-state index in [0.29, 0.717) is 45.1 Å². The average Bonchev–Trinajstić information content (AvgIpc) is 3.31. The first-order chi connectivity index (χ1) is 17.1. The van der Waals surface area contributed by atoms with Crippen LogP contribution in [0.2, 0.25) is 0 Å². The van der Waals surface area contributed by atoms with E-state index in [4.69, 9.17) is 4.42 Å². The van der Waals surface area contributed by atoms with E-state index in [-0.39, 0.29) is 23.8 Å². The molecule has 0 bridgehead atoms. The molecule has 0 aromatic carbocycles. The molecule has 0 saturated carbocycles. The summed E-state index contributed by atoms with van der Waals surface area (Å²) in [7, 11) is 0. The van der Waals surface area contributed by atoms with Crippen LogP contribution in [0.4, 0.5) is 35.5 Å². The molecule has 2 aromatic rings. The van der Waals surface area contributed by atoms with Gasteiger partial charge in [0.05, 0.1) is 11.9 Å². The molecule has 3 amide bonds. The number of rotatable bonds is 5. The van der Waals surface area contributed by atoms with Gasteiger partial charge in [0.2, 0.25) is 5.76 Å². The Balaban J connectivity index is 1.40. The quantitative estimate of drug-likeness (QED) is 0.635. The summed E-state index contributed by atoms with van der Waals surface area (Å²) in [5.74, 6) is -1.28. The maximum Gasteiger partial charge on any atom is 0.437 e. The molecule has 10 nitrogen and oxygen atoms in total. The van der Waals surface area contributed by atoms with E-state index in [1.165, 1.54) is 6.20 Å². The molecule has 0 aliphatic carbocycles. The average molecular weight is 510 g/mol. The minimum absolute atomic E-state index is 0.0560. The zero-order valence-corrected chi connectivity index (χ0v) is 20.3. The number of nitrogens with zero attached hydrogens (tertiary/aromatic N) is 5. The van der Waals surface area contributed by atoms with Crippen LogP contribution >= 0.6 is 0 Å². The van der Waals surface area contributed by atoms with Crippen LogP contribution in [-0.4, -0.2) is 72.1 Å². The fourth-order valence-corrected chi connectivity index (χ4v) is 4.19. The van der Waals surface area contributed by atoms with E-state index < -0.39 is 23.5 Å². The summed E-state index contributed by atoms with van der Waals surface area (Å²) in [5, 5.41) is 5.29. The molecule has 4 heterocycles. The van der Waals surface area contributed by atoms with Gasteiger partial charge in [-0.3, -0.25) is 4.79 Å². The van der Waals surface area contributed by atoms with Crippen LogP contribution in [0, 0.1) is 0 Å². The van der Waals surface area contributed by atoms with E-state index in [0.717, 1.165) is 19.3 Å². The second-order valence-corrected chi connectivity index (χ2v) is 9.16. The van der Waals surface area contributed by atoms with Gasteiger partial charge in [0, 0.05) is 45.3 Å². The minimum atomic E-state index is -4.83. The summed E-state index contributed by atoms with van der Waals surface area (Å²) in [6.45, 7) is 7.08. The first-order valence-electron chi connectivity index (χ1n) is 12.0.